The largest absolute Gasteiger partial charge is 0.468 e. The topological polar surface area (TPSA) is 43.0 Å². The van der Waals surface area contributed by atoms with E-state index < -0.39 is 0 Å². The Bertz CT molecular complexity index is 447. The number of aryl methyl sites for hydroxylation is 1. The number of aromatic nitrogens is 2. The van der Waals surface area contributed by atoms with Gasteiger partial charge >= 0.3 is 0 Å². The third-order valence-corrected chi connectivity index (χ3v) is 3.09. The third-order valence-electron chi connectivity index (χ3n) is 3.09. The summed E-state index contributed by atoms with van der Waals surface area (Å²) < 4.78 is 7.39. The van der Waals surface area contributed by atoms with Gasteiger partial charge < -0.3 is 9.73 Å². The molecule has 16 heavy (non-hydrogen) atoms. The Morgan fingerprint density at radius 1 is 1.50 bits per heavy atom. The van der Waals surface area contributed by atoms with E-state index >= 15 is 0 Å². The Balaban J connectivity index is 1.58. The quantitative estimate of drug-likeness (QED) is 0.848. The molecular formula is C12H15N3O. The van der Waals surface area contributed by atoms with Crippen LogP contribution in [0.3, 0.4) is 0 Å². The van der Waals surface area contributed by atoms with Crippen LogP contribution >= 0.6 is 0 Å². The summed E-state index contributed by atoms with van der Waals surface area (Å²) in [6.45, 7) is 1.82. The first-order valence-electron chi connectivity index (χ1n) is 5.68. The maximum absolute atomic E-state index is 5.30. The van der Waals surface area contributed by atoms with Crippen LogP contribution in [-0.4, -0.2) is 15.8 Å². The number of nitrogens with one attached hydrogen (secondary N) is 1. The van der Waals surface area contributed by atoms with E-state index in [0.29, 0.717) is 6.04 Å². The van der Waals surface area contributed by atoms with Crippen molar-refractivity contribution in [3.05, 3.63) is 42.1 Å². The van der Waals surface area contributed by atoms with Gasteiger partial charge in [0.05, 0.1) is 12.8 Å². The molecule has 2 aromatic rings. The highest BCUT2D eigenvalue weighted by Gasteiger charge is 2.18. The van der Waals surface area contributed by atoms with Crippen LogP contribution in [0, 0.1) is 0 Å². The average molecular weight is 217 g/mol. The smallest absolute Gasteiger partial charge is 0.117 e. The van der Waals surface area contributed by atoms with E-state index in [-0.39, 0.29) is 0 Å². The Hall–Kier alpha value is -1.55. The van der Waals surface area contributed by atoms with Gasteiger partial charge in [-0.1, -0.05) is 0 Å². The van der Waals surface area contributed by atoms with Crippen LogP contribution in [0.2, 0.25) is 0 Å². The summed E-state index contributed by atoms with van der Waals surface area (Å²) in [6, 6.07) is 6.56. The predicted octanol–water partition coefficient (Wildman–Crippen LogP) is 1.58. The molecule has 0 spiro atoms. The molecule has 0 bridgehead atoms. The number of rotatable bonds is 3. The van der Waals surface area contributed by atoms with Gasteiger partial charge in [0.25, 0.3) is 0 Å². The summed E-state index contributed by atoms with van der Waals surface area (Å²) in [5.41, 5.74) is 1.32. The van der Waals surface area contributed by atoms with E-state index in [2.05, 4.69) is 21.2 Å². The first-order valence-corrected chi connectivity index (χ1v) is 5.68. The van der Waals surface area contributed by atoms with Crippen molar-refractivity contribution < 1.29 is 4.42 Å². The lowest BCUT2D eigenvalue weighted by molar-refractivity contribution is 0.363. The van der Waals surface area contributed by atoms with Gasteiger partial charge in [0, 0.05) is 30.9 Å². The fraction of sp³-hybridized carbons (Fsp3) is 0.417. The fourth-order valence-corrected chi connectivity index (χ4v) is 2.20. The molecule has 1 N–H and O–H groups in total. The monoisotopic (exact) mass is 217 g/mol. The lowest BCUT2D eigenvalue weighted by Gasteiger charge is -2.23. The molecule has 4 nitrogen and oxygen atoms in total. The fourth-order valence-electron chi connectivity index (χ4n) is 2.20. The summed E-state index contributed by atoms with van der Waals surface area (Å²) in [6.07, 6.45) is 5.79. The summed E-state index contributed by atoms with van der Waals surface area (Å²) in [4.78, 5) is 0. The maximum atomic E-state index is 5.30. The van der Waals surface area contributed by atoms with Crippen molar-refractivity contribution in [3.8, 4) is 0 Å². The molecule has 84 valence electrons. The number of furan rings is 1. The van der Waals surface area contributed by atoms with Crippen molar-refractivity contribution in [2.75, 3.05) is 0 Å². The minimum absolute atomic E-state index is 0.536. The van der Waals surface area contributed by atoms with Crippen molar-refractivity contribution in [2.24, 2.45) is 0 Å². The van der Waals surface area contributed by atoms with Crippen molar-refractivity contribution in [2.45, 2.75) is 32.0 Å². The van der Waals surface area contributed by atoms with Crippen LogP contribution in [0.25, 0.3) is 0 Å². The second-order valence-electron chi connectivity index (χ2n) is 4.20. The molecule has 0 fully saturated rings. The molecule has 0 aromatic carbocycles. The number of hydrogen-bond donors (Lipinski definition) is 1. The van der Waals surface area contributed by atoms with Gasteiger partial charge in [-0.3, -0.25) is 4.68 Å². The van der Waals surface area contributed by atoms with Crippen molar-refractivity contribution >= 4 is 0 Å². The molecule has 3 rings (SSSR count). The van der Waals surface area contributed by atoms with E-state index in [1.165, 1.54) is 5.69 Å². The van der Waals surface area contributed by atoms with Crippen molar-refractivity contribution in [1.29, 1.82) is 0 Å². The summed E-state index contributed by atoms with van der Waals surface area (Å²) in [5.74, 6) is 0.999. The van der Waals surface area contributed by atoms with Crippen molar-refractivity contribution in [3.63, 3.8) is 0 Å². The van der Waals surface area contributed by atoms with E-state index in [1.807, 2.05) is 18.3 Å². The zero-order valence-corrected chi connectivity index (χ0v) is 9.10. The zero-order chi connectivity index (χ0) is 10.8. The highest BCUT2D eigenvalue weighted by Crippen LogP contribution is 2.14. The second-order valence-corrected chi connectivity index (χ2v) is 4.20. The normalized spacial score (nSPS) is 19.6. The van der Waals surface area contributed by atoms with Crippen LogP contribution < -0.4 is 5.32 Å². The van der Waals surface area contributed by atoms with Crippen molar-refractivity contribution in [1.82, 2.24) is 15.1 Å². The van der Waals surface area contributed by atoms with Crippen LogP contribution in [0.4, 0.5) is 0 Å². The molecule has 1 aliphatic rings. The molecule has 2 aromatic heterocycles. The van der Waals surface area contributed by atoms with Gasteiger partial charge in [0.2, 0.25) is 0 Å². The molecule has 0 unspecified atom stereocenters. The van der Waals surface area contributed by atoms with Crippen LogP contribution in [0.15, 0.2) is 35.1 Å². The molecule has 0 saturated carbocycles. The van der Waals surface area contributed by atoms with Gasteiger partial charge in [-0.2, -0.15) is 5.10 Å². The number of hydrogen-bond acceptors (Lipinski definition) is 3. The first-order chi connectivity index (χ1) is 7.92. The Morgan fingerprint density at radius 2 is 2.50 bits per heavy atom. The standard InChI is InChI=1S/C12H15N3O/c1-2-12(16-7-1)9-13-10-4-6-15-11(8-10)3-5-14-15/h1-3,5,7,10,13H,4,6,8-9H2/t10-/m0/s1. The Kier molecular flexibility index (Phi) is 2.50. The van der Waals surface area contributed by atoms with Crippen LogP contribution in [0.5, 0.6) is 0 Å². The van der Waals surface area contributed by atoms with Gasteiger partial charge in [0.1, 0.15) is 5.76 Å². The maximum Gasteiger partial charge on any atom is 0.117 e. The Morgan fingerprint density at radius 3 is 3.38 bits per heavy atom. The minimum Gasteiger partial charge on any atom is -0.468 e. The van der Waals surface area contributed by atoms with Gasteiger partial charge in [-0.05, 0) is 24.6 Å². The SMILES string of the molecule is c1coc(CN[C@H]2CCn3nccc3C2)c1. The highest BCUT2D eigenvalue weighted by atomic mass is 16.3. The molecule has 0 aliphatic carbocycles. The molecular weight excluding hydrogens is 202 g/mol. The van der Waals surface area contributed by atoms with E-state index in [4.69, 9.17) is 4.42 Å². The lowest BCUT2D eigenvalue weighted by Crippen LogP contribution is -2.35. The molecule has 1 aliphatic heterocycles. The second kappa shape index (κ2) is 4.14. The minimum atomic E-state index is 0.536. The highest BCUT2D eigenvalue weighted by molar-refractivity contribution is 5.06. The van der Waals surface area contributed by atoms with Crippen LogP contribution in [-0.2, 0) is 19.5 Å². The van der Waals surface area contributed by atoms with Gasteiger partial charge in [0.15, 0.2) is 0 Å². The molecule has 0 amide bonds. The molecule has 3 heterocycles. The summed E-state index contributed by atoms with van der Waals surface area (Å²) in [7, 11) is 0. The van der Waals surface area contributed by atoms with E-state index in [9.17, 15) is 0 Å². The molecule has 0 saturated heterocycles. The lowest BCUT2D eigenvalue weighted by atomic mass is 10.0. The predicted molar refractivity (Wildman–Crippen MR) is 59.9 cm³/mol. The molecule has 4 heteroatoms. The summed E-state index contributed by atoms with van der Waals surface area (Å²) >= 11 is 0. The average Bonchev–Trinajstić information content (AvgIpc) is 2.97. The third kappa shape index (κ3) is 1.88. The first kappa shape index (κ1) is 9.66. The molecule has 0 radical (unpaired) electrons. The van der Waals surface area contributed by atoms with E-state index in [1.54, 1.807) is 6.26 Å². The van der Waals surface area contributed by atoms with Gasteiger partial charge in [-0.25, -0.2) is 0 Å². The van der Waals surface area contributed by atoms with E-state index in [0.717, 1.165) is 31.7 Å². The molecule has 1 atom stereocenters. The summed E-state index contributed by atoms with van der Waals surface area (Å²) in [5, 5.41) is 7.79. The number of fused-ring (bicyclic) bond motifs is 1. The zero-order valence-electron chi connectivity index (χ0n) is 9.10. The van der Waals surface area contributed by atoms with Crippen LogP contribution in [0.1, 0.15) is 17.9 Å². The van der Waals surface area contributed by atoms with Gasteiger partial charge in [-0.15, -0.1) is 0 Å². The Labute approximate surface area is 94.3 Å². The number of nitrogens with zero attached hydrogens (tertiary/aromatic N) is 2.